The molecule has 31 heavy (non-hydrogen) atoms. The second-order valence-corrected chi connectivity index (χ2v) is 10.7. The Bertz CT molecular complexity index is 887. The van der Waals surface area contributed by atoms with Crippen LogP contribution in [-0.2, 0) is 14.3 Å². The van der Waals surface area contributed by atoms with Gasteiger partial charge in [-0.2, -0.15) is 0 Å². The monoisotopic (exact) mass is 428 g/mol. The van der Waals surface area contributed by atoms with E-state index in [0.29, 0.717) is 17.5 Å². The first-order valence-corrected chi connectivity index (χ1v) is 12.0. The van der Waals surface area contributed by atoms with Crippen LogP contribution < -0.4 is 4.90 Å². The molecular weight excluding hydrogens is 395 g/mol. The molecule has 1 aromatic rings. The highest BCUT2D eigenvalue weighted by atomic mass is 19.1. The summed E-state index contributed by atoms with van der Waals surface area (Å²) in [4.78, 5) is 17.7. The average Bonchev–Trinajstić information content (AvgIpc) is 3.39. The first kappa shape index (κ1) is 20.0. The van der Waals surface area contributed by atoms with Gasteiger partial charge in [-0.05, 0) is 50.7 Å². The van der Waals surface area contributed by atoms with Crippen molar-refractivity contribution in [1.29, 1.82) is 0 Å². The number of piperazine rings is 1. The Labute approximate surface area is 183 Å². The number of fused-ring (bicyclic) bond motifs is 1. The Morgan fingerprint density at radius 1 is 1.10 bits per heavy atom. The third kappa shape index (κ3) is 2.90. The molecule has 1 aromatic carbocycles. The zero-order chi connectivity index (χ0) is 21.4. The number of carbonyl (C=O) groups is 1. The smallest absolute Gasteiger partial charge is 0.311 e. The van der Waals surface area contributed by atoms with Gasteiger partial charge in [0.25, 0.3) is 0 Å². The van der Waals surface area contributed by atoms with Gasteiger partial charge < -0.3 is 14.4 Å². The minimum absolute atomic E-state index is 0.0135. The Balaban J connectivity index is 1.17. The summed E-state index contributed by atoms with van der Waals surface area (Å²) >= 11 is 0. The first-order chi connectivity index (χ1) is 14.9. The van der Waals surface area contributed by atoms with E-state index < -0.39 is 5.60 Å². The Morgan fingerprint density at radius 2 is 1.87 bits per heavy atom. The number of nitrogens with zero attached hydrogens (tertiary/aromatic N) is 2. The van der Waals surface area contributed by atoms with E-state index in [-0.39, 0.29) is 35.3 Å². The van der Waals surface area contributed by atoms with Gasteiger partial charge in [0.2, 0.25) is 0 Å². The van der Waals surface area contributed by atoms with E-state index in [9.17, 15) is 9.18 Å². The van der Waals surface area contributed by atoms with Crippen LogP contribution in [0.1, 0.15) is 39.5 Å². The summed E-state index contributed by atoms with van der Waals surface area (Å²) < 4.78 is 26.7. The Morgan fingerprint density at radius 3 is 2.65 bits per heavy atom. The molecule has 0 N–H and O–H groups in total. The Hall–Kier alpha value is -1.66. The molecule has 0 amide bonds. The summed E-state index contributed by atoms with van der Waals surface area (Å²) in [6.45, 7) is 8.52. The second kappa shape index (κ2) is 6.92. The lowest BCUT2D eigenvalue weighted by atomic mass is 9.55. The molecule has 5 fully saturated rings. The number of ether oxygens (including phenoxy) is 2. The van der Waals surface area contributed by atoms with Crippen LogP contribution in [0.4, 0.5) is 10.1 Å². The van der Waals surface area contributed by atoms with Crippen LogP contribution in [-0.4, -0.2) is 60.9 Å². The van der Waals surface area contributed by atoms with Crippen LogP contribution in [0, 0.1) is 29.5 Å². The summed E-state index contributed by atoms with van der Waals surface area (Å²) in [6, 6.07) is 6.99. The lowest BCUT2D eigenvalue weighted by Gasteiger charge is -2.50. The molecule has 3 saturated heterocycles. The van der Waals surface area contributed by atoms with Gasteiger partial charge in [-0.3, -0.25) is 9.69 Å². The maximum Gasteiger partial charge on any atom is 0.311 e. The minimum Gasteiger partial charge on any atom is -0.455 e. The van der Waals surface area contributed by atoms with E-state index in [4.69, 9.17) is 9.47 Å². The average molecular weight is 429 g/mol. The maximum absolute atomic E-state index is 14.2. The van der Waals surface area contributed by atoms with Crippen molar-refractivity contribution in [3.8, 4) is 0 Å². The standard InChI is InChI=1S/C25H33FN2O3/c1-16-7-8-19-17(22(29)30-25(19)18(16)9-10-24(2)23(25)31-24)15-27-11-13-28(14-12-27)21-6-4-3-5-20(21)26/h3-6,16-19,23H,7-15H2,1-2H3/t16-,17+,18-,19-,23-,24+,25-/m1/s1. The van der Waals surface area contributed by atoms with E-state index in [1.807, 2.05) is 12.1 Å². The van der Waals surface area contributed by atoms with Crippen LogP contribution in [0.25, 0.3) is 0 Å². The molecule has 5 nitrogen and oxygen atoms in total. The quantitative estimate of drug-likeness (QED) is 0.545. The molecule has 0 bridgehead atoms. The molecule has 7 atom stereocenters. The van der Waals surface area contributed by atoms with Crippen LogP contribution in [0.3, 0.4) is 0 Å². The van der Waals surface area contributed by atoms with E-state index in [0.717, 1.165) is 52.0 Å². The molecule has 6 rings (SSSR count). The SMILES string of the molecule is C[C@@H]1CC[C@@H]2[C@H](CN3CCN(c4ccccc4F)CC3)C(=O)O[C@]23[C@@H]1CC[C@]1(C)O[C@@H]31. The lowest BCUT2D eigenvalue weighted by molar-refractivity contribution is -0.168. The molecule has 0 unspecified atom stereocenters. The molecular formula is C25H33FN2O3. The zero-order valence-electron chi connectivity index (χ0n) is 18.6. The van der Waals surface area contributed by atoms with Gasteiger partial charge >= 0.3 is 5.97 Å². The highest BCUT2D eigenvalue weighted by molar-refractivity contribution is 5.77. The number of esters is 1. The largest absolute Gasteiger partial charge is 0.455 e. The van der Waals surface area contributed by atoms with Crippen molar-refractivity contribution in [1.82, 2.24) is 4.90 Å². The summed E-state index contributed by atoms with van der Waals surface area (Å²) in [6.07, 6.45) is 4.50. The van der Waals surface area contributed by atoms with E-state index in [2.05, 4.69) is 23.6 Å². The molecule has 6 heteroatoms. The minimum atomic E-state index is -0.401. The second-order valence-electron chi connectivity index (χ2n) is 10.7. The van der Waals surface area contributed by atoms with Gasteiger partial charge in [0, 0.05) is 44.6 Å². The van der Waals surface area contributed by atoms with Crippen molar-refractivity contribution in [3.05, 3.63) is 30.1 Å². The van der Waals surface area contributed by atoms with Gasteiger partial charge in [0.15, 0.2) is 0 Å². The highest BCUT2D eigenvalue weighted by Crippen LogP contribution is 2.66. The van der Waals surface area contributed by atoms with Crippen molar-refractivity contribution < 1.29 is 18.7 Å². The molecule has 2 aliphatic carbocycles. The van der Waals surface area contributed by atoms with Gasteiger partial charge in [0.1, 0.15) is 17.5 Å². The zero-order valence-corrected chi connectivity index (χ0v) is 18.6. The summed E-state index contributed by atoms with van der Waals surface area (Å²) in [7, 11) is 0. The van der Waals surface area contributed by atoms with Crippen molar-refractivity contribution in [2.24, 2.45) is 23.7 Å². The third-order valence-corrected chi connectivity index (χ3v) is 9.11. The fourth-order valence-electron chi connectivity index (χ4n) is 7.42. The van der Waals surface area contributed by atoms with Gasteiger partial charge in [-0.25, -0.2) is 4.39 Å². The number of halogens is 1. The van der Waals surface area contributed by atoms with Crippen molar-refractivity contribution in [2.75, 3.05) is 37.6 Å². The molecule has 3 aliphatic heterocycles. The van der Waals surface area contributed by atoms with E-state index in [1.165, 1.54) is 12.5 Å². The number of anilines is 1. The van der Waals surface area contributed by atoms with Crippen LogP contribution in [0.2, 0.25) is 0 Å². The van der Waals surface area contributed by atoms with Crippen molar-refractivity contribution in [3.63, 3.8) is 0 Å². The third-order valence-electron chi connectivity index (χ3n) is 9.11. The summed E-state index contributed by atoms with van der Waals surface area (Å²) in [5, 5.41) is 0. The number of para-hydroxylation sites is 1. The number of rotatable bonds is 3. The fourth-order valence-corrected chi connectivity index (χ4v) is 7.42. The van der Waals surface area contributed by atoms with E-state index >= 15 is 0 Å². The summed E-state index contributed by atoms with van der Waals surface area (Å²) in [5.41, 5.74) is 0.186. The molecule has 168 valence electrons. The van der Waals surface area contributed by atoms with Crippen molar-refractivity contribution >= 4 is 11.7 Å². The van der Waals surface area contributed by atoms with E-state index in [1.54, 1.807) is 6.07 Å². The van der Waals surface area contributed by atoms with Crippen LogP contribution >= 0.6 is 0 Å². The number of hydrogen-bond acceptors (Lipinski definition) is 5. The molecule has 2 saturated carbocycles. The van der Waals surface area contributed by atoms with Crippen LogP contribution in [0.5, 0.6) is 0 Å². The topological polar surface area (TPSA) is 45.3 Å². The molecule has 1 spiro atoms. The number of hydrogen-bond donors (Lipinski definition) is 0. The van der Waals surface area contributed by atoms with Gasteiger partial charge in [-0.15, -0.1) is 0 Å². The fraction of sp³-hybridized carbons (Fsp3) is 0.720. The predicted molar refractivity (Wildman–Crippen MR) is 115 cm³/mol. The number of benzene rings is 1. The van der Waals surface area contributed by atoms with Crippen molar-refractivity contribution in [2.45, 2.75) is 56.8 Å². The highest BCUT2D eigenvalue weighted by Gasteiger charge is 2.77. The molecule has 3 heterocycles. The first-order valence-electron chi connectivity index (χ1n) is 12.0. The lowest BCUT2D eigenvalue weighted by Crippen LogP contribution is -2.58. The van der Waals surface area contributed by atoms with Crippen LogP contribution in [0.15, 0.2) is 24.3 Å². The number of carbonyl (C=O) groups excluding carboxylic acids is 1. The normalized spacial score (nSPS) is 44.3. The molecule has 0 radical (unpaired) electrons. The summed E-state index contributed by atoms with van der Waals surface area (Å²) in [5.74, 6) is 1.03. The molecule has 0 aromatic heterocycles. The molecule has 5 aliphatic rings. The van der Waals surface area contributed by atoms with Gasteiger partial charge in [-0.1, -0.05) is 19.1 Å². The Kier molecular flexibility index (Phi) is 4.46. The maximum atomic E-state index is 14.2. The predicted octanol–water partition coefficient (Wildman–Crippen LogP) is 3.47. The van der Waals surface area contributed by atoms with Gasteiger partial charge in [0.05, 0.1) is 17.2 Å². The number of epoxide rings is 1.